The van der Waals surface area contributed by atoms with Crippen LogP contribution in [0.5, 0.6) is 11.5 Å². The molecular formula is C21H25F3N2O3. The average molecular weight is 410 g/mol. The summed E-state index contributed by atoms with van der Waals surface area (Å²) < 4.78 is 51.5. The molecule has 5 nitrogen and oxygen atoms in total. The molecule has 29 heavy (non-hydrogen) atoms. The normalized spacial score (nSPS) is 11.7. The Morgan fingerprint density at radius 1 is 0.966 bits per heavy atom. The van der Waals surface area contributed by atoms with Crippen molar-refractivity contribution in [3.63, 3.8) is 0 Å². The monoisotopic (exact) mass is 410 g/mol. The number of carbonyl (C=O) groups excluding carboxylic acids is 1. The van der Waals surface area contributed by atoms with Crippen LogP contribution >= 0.6 is 0 Å². The minimum atomic E-state index is -1.64. The van der Waals surface area contributed by atoms with Gasteiger partial charge in [-0.25, -0.2) is 13.2 Å². The maximum atomic E-state index is 13.8. The van der Waals surface area contributed by atoms with E-state index in [1.54, 1.807) is 25.1 Å². The topological polar surface area (TPSA) is 59.6 Å². The molecule has 0 heterocycles. The average Bonchev–Trinajstić information content (AvgIpc) is 2.71. The van der Waals surface area contributed by atoms with Crippen LogP contribution in [-0.4, -0.2) is 25.2 Å². The number of nitrogens with one attached hydrogen (secondary N) is 2. The van der Waals surface area contributed by atoms with Crippen molar-refractivity contribution in [2.24, 2.45) is 0 Å². The van der Waals surface area contributed by atoms with Crippen molar-refractivity contribution in [2.45, 2.75) is 39.7 Å². The van der Waals surface area contributed by atoms with Crippen LogP contribution in [0, 0.1) is 17.5 Å². The van der Waals surface area contributed by atoms with Crippen LogP contribution in [-0.2, 0) is 4.79 Å². The molecule has 1 amide bonds. The van der Waals surface area contributed by atoms with Crippen LogP contribution in [0.2, 0.25) is 0 Å². The van der Waals surface area contributed by atoms with Gasteiger partial charge in [-0.05, 0) is 44.0 Å². The smallest absolute Gasteiger partial charge is 0.246 e. The van der Waals surface area contributed by atoms with Crippen LogP contribution < -0.4 is 20.1 Å². The zero-order chi connectivity index (χ0) is 21.4. The van der Waals surface area contributed by atoms with Crippen molar-refractivity contribution in [3.8, 4) is 11.5 Å². The number of carbonyl (C=O) groups is 1. The molecule has 0 bridgehead atoms. The maximum absolute atomic E-state index is 13.8. The van der Waals surface area contributed by atoms with Crippen LogP contribution in [0.15, 0.2) is 30.3 Å². The molecule has 2 aromatic rings. The van der Waals surface area contributed by atoms with Crippen molar-refractivity contribution >= 4 is 17.3 Å². The first-order chi connectivity index (χ1) is 13.9. The molecule has 158 valence electrons. The van der Waals surface area contributed by atoms with Crippen LogP contribution in [0.1, 0.15) is 33.6 Å². The van der Waals surface area contributed by atoms with Crippen molar-refractivity contribution in [2.75, 3.05) is 23.8 Å². The van der Waals surface area contributed by atoms with E-state index in [4.69, 9.17) is 9.47 Å². The highest BCUT2D eigenvalue weighted by atomic mass is 19.2. The molecule has 0 saturated carbocycles. The van der Waals surface area contributed by atoms with E-state index in [9.17, 15) is 18.0 Å². The fraction of sp³-hybridized carbons (Fsp3) is 0.381. The van der Waals surface area contributed by atoms with E-state index < -0.39 is 35.1 Å². The third-order valence-corrected chi connectivity index (χ3v) is 3.94. The molecule has 2 rings (SSSR count). The standard InChI is InChI=1S/C21H25F3N2O3/c1-4-10-28-17-9-6-14(12-18(17)29-11-5-2)25-13(3)21(27)26-16-8-7-15(22)19(23)20(16)24/h6-9,12-13,25H,4-5,10-11H2,1-3H3,(H,26,27). The van der Waals surface area contributed by atoms with Gasteiger partial charge in [-0.1, -0.05) is 13.8 Å². The van der Waals surface area contributed by atoms with E-state index >= 15 is 0 Å². The summed E-state index contributed by atoms with van der Waals surface area (Å²) in [5.74, 6) is -3.87. The largest absolute Gasteiger partial charge is 0.490 e. The zero-order valence-electron chi connectivity index (χ0n) is 16.7. The van der Waals surface area contributed by atoms with Gasteiger partial charge in [-0.2, -0.15) is 0 Å². The summed E-state index contributed by atoms with van der Waals surface area (Å²) >= 11 is 0. The molecule has 1 unspecified atom stereocenters. The Bertz CT molecular complexity index is 846. The molecule has 0 saturated heterocycles. The summed E-state index contributed by atoms with van der Waals surface area (Å²) in [5.41, 5.74) is 0.159. The summed E-state index contributed by atoms with van der Waals surface area (Å²) in [7, 11) is 0. The Kier molecular flexibility index (Phi) is 8.18. The van der Waals surface area contributed by atoms with Crippen LogP contribution in [0.3, 0.4) is 0 Å². The molecule has 8 heteroatoms. The van der Waals surface area contributed by atoms with Crippen molar-refractivity contribution < 1.29 is 27.4 Å². The molecule has 0 radical (unpaired) electrons. The predicted molar refractivity (Wildman–Crippen MR) is 106 cm³/mol. The number of anilines is 2. The third-order valence-electron chi connectivity index (χ3n) is 3.94. The number of benzene rings is 2. The molecule has 0 aliphatic heterocycles. The van der Waals surface area contributed by atoms with Gasteiger partial charge in [0, 0.05) is 11.8 Å². The molecule has 0 aliphatic carbocycles. The minimum absolute atomic E-state index is 0.433. The van der Waals surface area contributed by atoms with E-state index in [1.807, 2.05) is 13.8 Å². The van der Waals surface area contributed by atoms with Gasteiger partial charge in [-0.15, -0.1) is 0 Å². The van der Waals surface area contributed by atoms with Gasteiger partial charge in [0.25, 0.3) is 0 Å². The lowest BCUT2D eigenvalue weighted by molar-refractivity contribution is -0.116. The molecule has 2 aromatic carbocycles. The Balaban J connectivity index is 2.09. The molecule has 0 spiro atoms. The number of amides is 1. The number of ether oxygens (including phenoxy) is 2. The van der Waals surface area contributed by atoms with Crippen molar-refractivity contribution in [1.82, 2.24) is 0 Å². The molecule has 1 atom stereocenters. The Morgan fingerprint density at radius 3 is 2.28 bits per heavy atom. The van der Waals surface area contributed by atoms with E-state index in [0.717, 1.165) is 25.0 Å². The number of hydrogen-bond donors (Lipinski definition) is 2. The Hall–Kier alpha value is -2.90. The molecule has 0 aromatic heterocycles. The first-order valence-corrected chi connectivity index (χ1v) is 9.47. The number of hydrogen-bond acceptors (Lipinski definition) is 4. The van der Waals surface area contributed by atoms with Gasteiger partial charge in [0.1, 0.15) is 6.04 Å². The third kappa shape index (κ3) is 6.04. The SMILES string of the molecule is CCCOc1ccc(NC(C)C(=O)Nc2ccc(F)c(F)c2F)cc1OCCC. The number of halogens is 3. The second-order valence-corrected chi connectivity index (χ2v) is 6.44. The quantitative estimate of drug-likeness (QED) is 0.534. The van der Waals surface area contributed by atoms with Gasteiger partial charge >= 0.3 is 0 Å². The first-order valence-electron chi connectivity index (χ1n) is 9.47. The highest BCUT2D eigenvalue weighted by Gasteiger charge is 2.19. The van der Waals surface area contributed by atoms with Crippen LogP contribution in [0.4, 0.5) is 24.5 Å². The Labute approximate surface area is 168 Å². The van der Waals surface area contributed by atoms with E-state index in [0.29, 0.717) is 30.4 Å². The summed E-state index contributed by atoms with van der Waals surface area (Å²) in [5, 5.41) is 5.22. The molecule has 0 fully saturated rings. The number of rotatable bonds is 10. The summed E-state index contributed by atoms with van der Waals surface area (Å²) in [4.78, 5) is 12.3. The first kappa shape index (κ1) is 22.4. The second kappa shape index (κ2) is 10.6. The van der Waals surface area contributed by atoms with Crippen LogP contribution in [0.25, 0.3) is 0 Å². The van der Waals surface area contributed by atoms with Gasteiger partial charge in [0.2, 0.25) is 5.91 Å². The summed E-state index contributed by atoms with van der Waals surface area (Å²) in [6, 6.07) is 6.11. The van der Waals surface area contributed by atoms with Crippen molar-refractivity contribution in [3.05, 3.63) is 47.8 Å². The lowest BCUT2D eigenvalue weighted by atomic mass is 10.2. The molecule has 0 aliphatic rings. The predicted octanol–water partition coefficient (Wildman–Crippen LogP) is 5.12. The van der Waals surface area contributed by atoms with Gasteiger partial charge in [0.15, 0.2) is 29.0 Å². The maximum Gasteiger partial charge on any atom is 0.246 e. The second-order valence-electron chi connectivity index (χ2n) is 6.44. The zero-order valence-corrected chi connectivity index (χ0v) is 16.7. The van der Waals surface area contributed by atoms with Gasteiger partial charge in [-0.3, -0.25) is 4.79 Å². The lowest BCUT2D eigenvalue weighted by Gasteiger charge is -2.18. The minimum Gasteiger partial charge on any atom is -0.490 e. The highest BCUT2D eigenvalue weighted by Crippen LogP contribution is 2.31. The Morgan fingerprint density at radius 2 is 1.62 bits per heavy atom. The summed E-state index contributed by atoms with van der Waals surface area (Å²) in [6.45, 7) is 6.60. The fourth-order valence-electron chi connectivity index (χ4n) is 2.43. The van der Waals surface area contributed by atoms with Crippen molar-refractivity contribution in [1.29, 1.82) is 0 Å². The fourth-order valence-corrected chi connectivity index (χ4v) is 2.43. The molecule has 2 N–H and O–H groups in total. The highest BCUT2D eigenvalue weighted by molar-refractivity contribution is 5.96. The molecular weight excluding hydrogens is 385 g/mol. The van der Waals surface area contributed by atoms with E-state index in [-0.39, 0.29) is 0 Å². The van der Waals surface area contributed by atoms with E-state index in [1.165, 1.54) is 0 Å². The van der Waals surface area contributed by atoms with Gasteiger partial charge in [0.05, 0.1) is 18.9 Å². The van der Waals surface area contributed by atoms with Gasteiger partial charge < -0.3 is 20.1 Å². The van der Waals surface area contributed by atoms with E-state index in [2.05, 4.69) is 10.6 Å². The lowest BCUT2D eigenvalue weighted by Crippen LogP contribution is -2.32. The summed E-state index contributed by atoms with van der Waals surface area (Å²) in [6.07, 6.45) is 1.68.